The number of carbonyl (C=O) groups is 2. The van der Waals surface area contributed by atoms with Crippen LogP contribution in [0.1, 0.15) is 43.6 Å². The zero-order chi connectivity index (χ0) is 35.3. The van der Waals surface area contributed by atoms with Crippen molar-refractivity contribution in [3.05, 3.63) is 158 Å². The Balaban J connectivity index is 0.983. The third-order valence-corrected chi connectivity index (χ3v) is 9.72. The van der Waals surface area contributed by atoms with E-state index in [-0.39, 0.29) is 28.3 Å². The average molecular weight is 690 g/mol. The summed E-state index contributed by atoms with van der Waals surface area (Å²) in [5.74, 6) is -1.63. The number of amides is 1. The maximum atomic E-state index is 12.9. The van der Waals surface area contributed by atoms with Crippen LogP contribution in [0.5, 0.6) is 5.75 Å². The van der Waals surface area contributed by atoms with E-state index in [1.54, 1.807) is 72.8 Å². The summed E-state index contributed by atoms with van der Waals surface area (Å²) in [4.78, 5) is 40.6. The molecule has 0 bridgehead atoms. The number of benzene rings is 4. The van der Waals surface area contributed by atoms with Gasteiger partial charge in [0, 0.05) is 29.4 Å². The van der Waals surface area contributed by atoms with Crippen molar-refractivity contribution in [2.24, 2.45) is 0 Å². The number of rotatable bonds is 13. The largest absolute Gasteiger partial charge is 0.506 e. The first-order valence-electron chi connectivity index (χ1n) is 15.9. The van der Waals surface area contributed by atoms with Gasteiger partial charge < -0.3 is 36.0 Å². The Labute approximate surface area is 291 Å². The van der Waals surface area contributed by atoms with Crippen molar-refractivity contribution in [2.75, 3.05) is 13.1 Å². The zero-order valence-electron chi connectivity index (χ0n) is 26.8. The summed E-state index contributed by atoms with van der Waals surface area (Å²) in [6.07, 6.45) is -0.107. The predicted octanol–water partition coefficient (Wildman–Crippen LogP) is 5.08. The third-order valence-electron chi connectivity index (χ3n) is 8.59. The number of aromatic nitrogens is 1. The number of aliphatic hydroxyl groups is 2. The highest BCUT2D eigenvalue weighted by molar-refractivity contribution is 7.17. The van der Waals surface area contributed by atoms with Crippen molar-refractivity contribution in [1.82, 2.24) is 15.6 Å². The number of carbonyl (C=O) groups excluding carboxylic acids is 1. The number of carboxylic acids is 1. The fourth-order valence-electron chi connectivity index (χ4n) is 5.81. The molecule has 0 unspecified atom stereocenters. The highest BCUT2D eigenvalue weighted by Gasteiger charge is 2.40. The first-order valence-corrected chi connectivity index (χ1v) is 16.8. The Morgan fingerprint density at radius 3 is 2.24 bits per heavy atom. The minimum absolute atomic E-state index is 0.0515. The van der Waals surface area contributed by atoms with E-state index in [2.05, 4.69) is 15.6 Å². The van der Waals surface area contributed by atoms with Gasteiger partial charge in [0.05, 0.1) is 16.5 Å². The van der Waals surface area contributed by atoms with Gasteiger partial charge >= 0.3 is 5.97 Å². The molecule has 0 fully saturated rings. The van der Waals surface area contributed by atoms with Crippen molar-refractivity contribution in [3.8, 4) is 16.2 Å². The van der Waals surface area contributed by atoms with Gasteiger partial charge in [0.1, 0.15) is 5.75 Å². The number of hydrogen-bond donors (Lipinski definition) is 7. The van der Waals surface area contributed by atoms with Crippen molar-refractivity contribution >= 4 is 34.1 Å². The van der Waals surface area contributed by atoms with Crippen molar-refractivity contribution in [3.63, 3.8) is 0 Å². The topological polar surface area (TPSA) is 172 Å². The van der Waals surface area contributed by atoms with Gasteiger partial charge in [-0.15, -0.1) is 11.3 Å². The van der Waals surface area contributed by atoms with Gasteiger partial charge in [-0.25, -0.2) is 4.79 Å². The number of nitrogens with one attached hydrogen (secondary N) is 3. The van der Waals surface area contributed by atoms with Gasteiger partial charge in [0.15, 0.2) is 0 Å². The molecule has 0 spiro atoms. The molecule has 2 heterocycles. The van der Waals surface area contributed by atoms with E-state index >= 15 is 0 Å². The zero-order valence-corrected chi connectivity index (χ0v) is 27.6. The highest BCUT2D eigenvalue weighted by atomic mass is 32.1. The first-order chi connectivity index (χ1) is 24.1. The molecule has 0 aliphatic heterocycles. The first kappa shape index (κ1) is 34.3. The molecular formula is C39H35N3O7S. The van der Waals surface area contributed by atoms with Crippen molar-refractivity contribution < 1.29 is 30.0 Å². The summed E-state index contributed by atoms with van der Waals surface area (Å²) in [6, 6.07) is 32.5. The summed E-state index contributed by atoms with van der Waals surface area (Å²) in [6.45, 7) is 1.27. The van der Waals surface area contributed by atoms with Crippen LogP contribution in [0.4, 0.5) is 0 Å². The van der Waals surface area contributed by atoms with Crippen LogP contribution in [0.15, 0.2) is 120 Å². The number of carboxylic acid groups (broad SMARTS) is 1. The number of H-pyrrole nitrogens is 1. The predicted molar refractivity (Wildman–Crippen MR) is 192 cm³/mol. The molecule has 50 heavy (non-hydrogen) atoms. The number of aliphatic carboxylic acids is 1. The second-order valence-electron chi connectivity index (χ2n) is 11.9. The number of thiophene rings is 1. The standard InChI is InChI=1S/C39H35N3O7S/c43-31-16-14-29(30-15-19-35(45)42-36(30)31)32(44)23-40-21-20-24-6-8-25(9-7-24)22-41-37(46)34-18-17-33(50-34)26-10-12-28(13-11-26)39(49,38(47)48)27-4-2-1-3-5-27/h1-19,32,40,43-44,49H,20-23H2,(H,41,46)(H,42,45)(H,47,48)/t32-,39-/m0/s1. The van der Waals surface area contributed by atoms with Gasteiger partial charge in [-0.3, -0.25) is 9.59 Å². The summed E-state index contributed by atoms with van der Waals surface area (Å²) in [5, 5.41) is 48.6. The molecule has 4 aromatic carbocycles. The number of aromatic amines is 1. The van der Waals surface area contributed by atoms with Crippen molar-refractivity contribution in [1.29, 1.82) is 0 Å². The summed E-state index contributed by atoms with van der Waals surface area (Å²) in [5.41, 5.74) is 1.71. The van der Waals surface area contributed by atoms with E-state index in [0.717, 1.165) is 28.0 Å². The maximum Gasteiger partial charge on any atom is 0.345 e. The third kappa shape index (κ3) is 7.36. The quantitative estimate of drug-likeness (QED) is 0.0823. The lowest BCUT2D eigenvalue weighted by molar-refractivity contribution is -0.155. The number of pyridine rings is 1. The molecule has 2 aromatic heterocycles. The smallest absolute Gasteiger partial charge is 0.345 e. The van der Waals surface area contributed by atoms with E-state index in [0.29, 0.717) is 41.0 Å². The van der Waals surface area contributed by atoms with Crippen molar-refractivity contribution in [2.45, 2.75) is 24.7 Å². The van der Waals surface area contributed by atoms with E-state index in [4.69, 9.17) is 0 Å². The molecule has 6 aromatic rings. The molecule has 254 valence electrons. The molecule has 0 aliphatic carbocycles. The number of phenolic OH excluding ortho intramolecular Hbond substituents is 1. The molecule has 0 aliphatic rings. The molecule has 0 saturated carbocycles. The van der Waals surface area contributed by atoms with Gasteiger partial charge in [0.2, 0.25) is 11.2 Å². The van der Waals surface area contributed by atoms with Crippen LogP contribution in [0, 0.1) is 0 Å². The fraction of sp³-hybridized carbons (Fsp3) is 0.154. The number of fused-ring (bicyclic) bond motifs is 1. The molecule has 2 atom stereocenters. The number of aliphatic hydroxyl groups excluding tert-OH is 1. The minimum atomic E-state index is -2.18. The van der Waals surface area contributed by atoms with E-state index in [1.807, 2.05) is 30.3 Å². The number of hydrogen-bond acceptors (Lipinski definition) is 8. The fourth-order valence-corrected chi connectivity index (χ4v) is 6.74. The molecular weight excluding hydrogens is 655 g/mol. The highest BCUT2D eigenvalue weighted by Crippen LogP contribution is 2.34. The monoisotopic (exact) mass is 689 g/mol. The van der Waals surface area contributed by atoms with Crippen LogP contribution in [0.25, 0.3) is 21.3 Å². The van der Waals surface area contributed by atoms with Gasteiger partial charge in [-0.1, -0.05) is 84.9 Å². The van der Waals surface area contributed by atoms with Crippen LogP contribution < -0.4 is 16.2 Å². The van der Waals surface area contributed by atoms with Crippen LogP contribution >= 0.6 is 11.3 Å². The number of phenols is 1. The minimum Gasteiger partial charge on any atom is -0.506 e. The Kier molecular flexibility index (Phi) is 10.2. The lowest BCUT2D eigenvalue weighted by atomic mass is 9.86. The summed E-state index contributed by atoms with van der Waals surface area (Å²) in [7, 11) is 0. The Bertz CT molecular complexity index is 2180. The average Bonchev–Trinajstić information content (AvgIpc) is 3.64. The second-order valence-corrected chi connectivity index (χ2v) is 13.0. The molecule has 0 saturated heterocycles. The van der Waals surface area contributed by atoms with Gasteiger partial charge in [-0.05, 0) is 70.6 Å². The lowest BCUT2D eigenvalue weighted by Gasteiger charge is -2.24. The molecule has 6 rings (SSSR count). The van der Waals surface area contributed by atoms with Crippen LogP contribution in [-0.2, 0) is 23.4 Å². The molecule has 10 nitrogen and oxygen atoms in total. The maximum absolute atomic E-state index is 12.9. The SMILES string of the molecule is O=C(NCc1ccc(CCNC[C@H](O)c2ccc(O)c3[nH]c(=O)ccc23)cc1)c1ccc(-c2ccc([C@](O)(C(=O)O)c3ccccc3)cc2)s1. The van der Waals surface area contributed by atoms with Crippen LogP contribution in [-0.4, -0.2) is 50.4 Å². The Morgan fingerprint density at radius 1 is 0.820 bits per heavy atom. The number of aromatic hydroxyl groups is 1. The molecule has 1 amide bonds. The Hall–Kier alpha value is -5.59. The molecule has 7 N–H and O–H groups in total. The van der Waals surface area contributed by atoms with E-state index < -0.39 is 17.7 Å². The van der Waals surface area contributed by atoms with Gasteiger partial charge in [0.25, 0.3) is 5.91 Å². The normalized spacial score (nSPS) is 13.1. The lowest BCUT2D eigenvalue weighted by Crippen LogP contribution is -2.36. The Morgan fingerprint density at radius 2 is 1.52 bits per heavy atom. The molecule has 0 radical (unpaired) electrons. The van der Waals surface area contributed by atoms with Crippen LogP contribution in [0.3, 0.4) is 0 Å². The van der Waals surface area contributed by atoms with Gasteiger partial charge in [-0.2, -0.15) is 0 Å². The van der Waals surface area contributed by atoms with Crippen LogP contribution in [0.2, 0.25) is 0 Å². The second kappa shape index (κ2) is 14.9. The summed E-state index contributed by atoms with van der Waals surface area (Å²) >= 11 is 1.32. The summed E-state index contributed by atoms with van der Waals surface area (Å²) < 4.78 is 0. The molecule has 11 heteroatoms. The van der Waals surface area contributed by atoms with E-state index in [1.165, 1.54) is 23.5 Å². The van der Waals surface area contributed by atoms with E-state index in [9.17, 15) is 34.8 Å².